The third-order valence-electron chi connectivity index (χ3n) is 5.13. The number of hydrogen-bond acceptors (Lipinski definition) is 2. The molecule has 3 heteroatoms. The number of hydrogen-bond donors (Lipinski definition) is 0. The first-order chi connectivity index (χ1) is 10.5. The molecule has 1 rings (SSSR count). The molecule has 1 aliphatic heterocycles. The Labute approximate surface area is 144 Å². The second-order valence-corrected chi connectivity index (χ2v) is 8.13. The Morgan fingerprint density at radius 2 is 1.39 bits per heavy atom. The lowest BCUT2D eigenvalue weighted by molar-refractivity contribution is 0.00578. The molecule has 0 spiro atoms. The predicted octanol–water partition coefficient (Wildman–Crippen LogP) is 6.04. The lowest BCUT2D eigenvalue weighted by Gasteiger charge is -2.32. The van der Waals surface area contributed by atoms with E-state index in [4.69, 9.17) is 9.31 Å². The highest BCUT2D eigenvalue weighted by atomic mass is 16.7. The van der Waals surface area contributed by atoms with Crippen LogP contribution in [0.2, 0.25) is 0 Å². The fourth-order valence-corrected chi connectivity index (χ4v) is 2.40. The van der Waals surface area contributed by atoms with Gasteiger partial charge in [0.25, 0.3) is 0 Å². The molecule has 0 unspecified atom stereocenters. The van der Waals surface area contributed by atoms with Crippen molar-refractivity contribution >= 4 is 7.12 Å². The molecule has 1 fully saturated rings. The zero-order valence-electron chi connectivity index (χ0n) is 16.7. The minimum atomic E-state index is -0.269. The van der Waals surface area contributed by atoms with Crippen LogP contribution in [0.4, 0.5) is 0 Å². The Morgan fingerprint density at radius 3 is 1.87 bits per heavy atom. The first kappa shape index (κ1) is 20.2. The molecule has 1 saturated heterocycles. The van der Waals surface area contributed by atoms with Gasteiger partial charge in [0.15, 0.2) is 0 Å². The normalized spacial score (nSPS) is 21.3. The van der Waals surface area contributed by atoms with Crippen LogP contribution in [0, 0.1) is 0 Å². The lowest BCUT2D eigenvalue weighted by atomic mass is 9.76. The Hall–Kier alpha value is -0.795. The second-order valence-electron chi connectivity index (χ2n) is 8.13. The summed E-state index contributed by atoms with van der Waals surface area (Å²) in [5.41, 5.74) is 4.85. The van der Waals surface area contributed by atoms with Gasteiger partial charge < -0.3 is 9.31 Å². The molecule has 0 amide bonds. The fourth-order valence-electron chi connectivity index (χ4n) is 2.40. The molecule has 0 N–H and O–H groups in total. The van der Waals surface area contributed by atoms with E-state index in [1.165, 1.54) is 22.2 Å². The van der Waals surface area contributed by atoms with E-state index in [-0.39, 0.29) is 18.3 Å². The van der Waals surface area contributed by atoms with Gasteiger partial charge in [0.05, 0.1) is 11.2 Å². The third-order valence-corrected chi connectivity index (χ3v) is 5.13. The summed E-state index contributed by atoms with van der Waals surface area (Å²) in [6.07, 6.45) is 7.87. The molecule has 0 aromatic carbocycles. The molecule has 0 bridgehead atoms. The van der Waals surface area contributed by atoms with Gasteiger partial charge in [-0.2, -0.15) is 0 Å². The highest BCUT2D eigenvalue weighted by Crippen LogP contribution is 2.39. The average molecular weight is 318 g/mol. The van der Waals surface area contributed by atoms with Crippen molar-refractivity contribution < 1.29 is 9.31 Å². The SMILES string of the molecule is CC(C)=CCC/C(C)=C/C/C(C)=C(/C)B1OC(C)(C)C(C)(C)O1. The van der Waals surface area contributed by atoms with Crippen LogP contribution >= 0.6 is 0 Å². The average Bonchev–Trinajstić information content (AvgIpc) is 2.63. The van der Waals surface area contributed by atoms with Crippen LogP contribution in [0.3, 0.4) is 0 Å². The van der Waals surface area contributed by atoms with Gasteiger partial charge in [0.1, 0.15) is 0 Å². The lowest BCUT2D eigenvalue weighted by Crippen LogP contribution is -2.41. The summed E-state index contributed by atoms with van der Waals surface area (Å²) in [4.78, 5) is 0. The maximum absolute atomic E-state index is 6.14. The molecule has 0 radical (unpaired) electrons. The van der Waals surface area contributed by atoms with E-state index in [0.29, 0.717) is 0 Å². The molecule has 0 aromatic rings. The molecule has 1 aliphatic rings. The van der Waals surface area contributed by atoms with Crippen molar-refractivity contribution in [1.82, 2.24) is 0 Å². The van der Waals surface area contributed by atoms with Crippen molar-refractivity contribution in [2.24, 2.45) is 0 Å². The minimum absolute atomic E-state index is 0.223. The van der Waals surface area contributed by atoms with Crippen molar-refractivity contribution in [2.75, 3.05) is 0 Å². The van der Waals surface area contributed by atoms with E-state index < -0.39 is 0 Å². The van der Waals surface area contributed by atoms with Gasteiger partial charge in [-0.15, -0.1) is 0 Å². The smallest absolute Gasteiger partial charge is 0.400 e. The van der Waals surface area contributed by atoms with E-state index >= 15 is 0 Å². The zero-order chi connectivity index (χ0) is 17.8. The van der Waals surface area contributed by atoms with Gasteiger partial charge in [-0.05, 0) is 87.0 Å². The van der Waals surface area contributed by atoms with E-state index in [0.717, 1.165) is 19.3 Å². The highest BCUT2D eigenvalue weighted by Gasteiger charge is 2.51. The van der Waals surface area contributed by atoms with E-state index in [1.54, 1.807) is 0 Å². The Bertz CT molecular complexity index is 490. The summed E-state index contributed by atoms with van der Waals surface area (Å²) in [5, 5.41) is 0. The van der Waals surface area contributed by atoms with E-state index in [2.05, 4.69) is 74.5 Å². The summed E-state index contributed by atoms with van der Waals surface area (Å²) in [6, 6.07) is 0. The Morgan fingerprint density at radius 1 is 0.870 bits per heavy atom. The van der Waals surface area contributed by atoms with Crippen molar-refractivity contribution in [3.63, 3.8) is 0 Å². The summed E-state index contributed by atoms with van der Waals surface area (Å²) in [7, 11) is -0.223. The molecule has 1 heterocycles. The zero-order valence-corrected chi connectivity index (χ0v) is 16.7. The topological polar surface area (TPSA) is 18.5 Å². The van der Waals surface area contributed by atoms with Gasteiger partial charge in [-0.1, -0.05) is 28.9 Å². The standard InChI is InChI=1S/C20H35BO2/c1-15(2)11-10-12-16(3)13-14-17(4)18(5)21-22-19(6,7)20(8,9)23-21/h11,13H,10,12,14H2,1-9H3/b16-13+,18-17-. The largest absolute Gasteiger partial charge is 0.490 e. The summed E-state index contributed by atoms with van der Waals surface area (Å²) < 4.78 is 12.3. The van der Waals surface area contributed by atoms with Gasteiger partial charge in [-0.3, -0.25) is 0 Å². The molecule has 2 nitrogen and oxygen atoms in total. The van der Waals surface area contributed by atoms with Crippen LogP contribution in [-0.2, 0) is 9.31 Å². The van der Waals surface area contributed by atoms with Crippen LogP contribution in [0.15, 0.2) is 34.3 Å². The van der Waals surface area contributed by atoms with E-state index in [9.17, 15) is 0 Å². The highest BCUT2D eigenvalue weighted by molar-refractivity contribution is 6.54. The van der Waals surface area contributed by atoms with Crippen molar-refractivity contribution in [3.8, 4) is 0 Å². The molecule has 23 heavy (non-hydrogen) atoms. The van der Waals surface area contributed by atoms with Crippen LogP contribution in [-0.4, -0.2) is 18.3 Å². The van der Waals surface area contributed by atoms with Gasteiger partial charge in [-0.25, -0.2) is 0 Å². The molecule has 0 aliphatic carbocycles. The van der Waals surface area contributed by atoms with Gasteiger partial charge in [0.2, 0.25) is 0 Å². The molecule has 0 aromatic heterocycles. The first-order valence-electron chi connectivity index (χ1n) is 8.77. The minimum Gasteiger partial charge on any atom is -0.400 e. The third kappa shape index (κ3) is 5.65. The van der Waals surface area contributed by atoms with Crippen LogP contribution < -0.4 is 0 Å². The summed E-state index contributed by atoms with van der Waals surface area (Å²) >= 11 is 0. The Balaban J connectivity index is 2.67. The van der Waals surface area contributed by atoms with Crippen LogP contribution in [0.1, 0.15) is 81.6 Å². The van der Waals surface area contributed by atoms with Crippen molar-refractivity contribution in [1.29, 1.82) is 0 Å². The number of allylic oxidation sites excluding steroid dienone is 6. The molecule has 0 saturated carbocycles. The first-order valence-corrected chi connectivity index (χ1v) is 8.77. The van der Waals surface area contributed by atoms with Gasteiger partial charge >= 0.3 is 7.12 Å². The van der Waals surface area contributed by atoms with Crippen molar-refractivity contribution in [2.45, 2.75) is 92.8 Å². The Kier molecular flexibility index (Phi) is 6.91. The summed E-state index contributed by atoms with van der Waals surface area (Å²) in [5.74, 6) is 0. The van der Waals surface area contributed by atoms with E-state index in [1.807, 2.05) is 0 Å². The monoisotopic (exact) mass is 318 g/mol. The van der Waals surface area contributed by atoms with Crippen LogP contribution in [0.5, 0.6) is 0 Å². The summed E-state index contributed by atoms with van der Waals surface area (Å²) in [6.45, 7) is 19.2. The molecular weight excluding hydrogens is 283 g/mol. The number of rotatable bonds is 6. The van der Waals surface area contributed by atoms with Crippen molar-refractivity contribution in [3.05, 3.63) is 34.3 Å². The quantitative estimate of drug-likeness (QED) is 0.439. The maximum Gasteiger partial charge on any atom is 0.490 e. The maximum atomic E-state index is 6.14. The van der Waals surface area contributed by atoms with Crippen LogP contribution in [0.25, 0.3) is 0 Å². The second kappa shape index (κ2) is 7.85. The molecule has 130 valence electrons. The molecule has 0 atom stereocenters. The molecular formula is C20H35BO2. The fraction of sp³-hybridized carbons (Fsp3) is 0.700. The predicted molar refractivity (Wildman–Crippen MR) is 101 cm³/mol. The van der Waals surface area contributed by atoms with Gasteiger partial charge in [0, 0.05) is 0 Å².